The van der Waals surface area contributed by atoms with Crippen molar-refractivity contribution in [1.82, 2.24) is 15.0 Å². The van der Waals surface area contributed by atoms with Crippen molar-refractivity contribution in [1.29, 1.82) is 0 Å². The van der Waals surface area contributed by atoms with Gasteiger partial charge in [0.25, 0.3) is 5.91 Å². The van der Waals surface area contributed by atoms with Gasteiger partial charge in [0.2, 0.25) is 0 Å². The van der Waals surface area contributed by atoms with Crippen LogP contribution in [0.2, 0.25) is 5.02 Å². The van der Waals surface area contributed by atoms with Crippen LogP contribution in [0.4, 0.5) is 5.69 Å². The number of esters is 1. The van der Waals surface area contributed by atoms with Gasteiger partial charge in [0.05, 0.1) is 16.6 Å². The molecule has 144 valence electrons. The fraction of sp³-hybridized carbons (Fsp3) is 0.0476. The molecule has 2 heterocycles. The number of fused-ring (bicyclic) bond motifs is 1. The quantitative estimate of drug-likeness (QED) is 0.487. The molecule has 2 aromatic heterocycles. The predicted molar refractivity (Wildman–Crippen MR) is 110 cm³/mol. The number of hydrogen-bond acceptors (Lipinski definition) is 5. The number of imidazole rings is 1. The molecule has 0 atom stereocenters. The molecule has 0 fully saturated rings. The number of nitrogens with zero attached hydrogens (tertiary/aromatic N) is 2. The molecule has 8 heteroatoms. The van der Waals surface area contributed by atoms with Gasteiger partial charge in [-0.15, -0.1) is 0 Å². The first-order chi connectivity index (χ1) is 14.1. The van der Waals surface area contributed by atoms with Crippen LogP contribution >= 0.6 is 11.6 Å². The van der Waals surface area contributed by atoms with Crippen molar-refractivity contribution < 1.29 is 14.3 Å². The molecular formula is C21H15ClN4O3. The maximum absolute atomic E-state index is 12.3. The fourth-order valence-electron chi connectivity index (χ4n) is 2.72. The van der Waals surface area contributed by atoms with Crippen LogP contribution in [0, 0.1) is 0 Å². The van der Waals surface area contributed by atoms with Gasteiger partial charge in [0, 0.05) is 28.7 Å². The smallest absolute Gasteiger partial charge is 0.338 e. The Labute approximate surface area is 170 Å². The SMILES string of the molecule is O=C(COC(=O)c1ccc2nc(-c3cccnc3)[nH]c2c1)Nc1ccc(Cl)cc1. The van der Waals surface area contributed by atoms with Gasteiger partial charge in [-0.2, -0.15) is 0 Å². The Kier molecular flexibility index (Phi) is 5.22. The summed E-state index contributed by atoms with van der Waals surface area (Å²) in [5.41, 5.74) is 3.12. The summed E-state index contributed by atoms with van der Waals surface area (Å²) in [4.78, 5) is 36.0. The number of benzene rings is 2. The number of carbonyl (C=O) groups excluding carboxylic acids is 2. The van der Waals surface area contributed by atoms with Gasteiger partial charge in [-0.3, -0.25) is 9.78 Å². The molecule has 0 aliphatic heterocycles. The van der Waals surface area contributed by atoms with Gasteiger partial charge in [0.15, 0.2) is 6.61 Å². The highest BCUT2D eigenvalue weighted by Gasteiger charge is 2.13. The zero-order valence-electron chi connectivity index (χ0n) is 15.1. The fourth-order valence-corrected chi connectivity index (χ4v) is 2.85. The summed E-state index contributed by atoms with van der Waals surface area (Å²) >= 11 is 5.80. The molecule has 0 unspecified atom stereocenters. The monoisotopic (exact) mass is 406 g/mol. The normalized spacial score (nSPS) is 10.7. The first-order valence-corrected chi connectivity index (χ1v) is 9.09. The van der Waals surface area contributed by atoms with Crippen LogP contribution in [0.3, 0.4) is 0 Å². The summed E-state index contributed by atoms with van der Waals surface area (Å²) in [6.07, 6.45) is 3.38. The first-order valence-electron chi connectivity index (χ1n) is 8.71. The number of ether oxygens (including phenoxy) is 1. The molecule has 4 aromatic rings. The highest BCUT2D eigenvalue weighted by atomic mass is 35.5. The molecule has 0 aliphatic carbocycles. The van der Waals surface area contributed by atoms with Gasteiger partial charge in [-0.1, -0.05) is 11.6 Å². The summed E-state index contributed by atoms with van der Waals surface area (Å²) in [7, 11) is 0. The molecule has 0 radical (unpaired) electrons. The first kappa shape index (κ1) is 18.6. The van der Waals surface area contributed by atoms with E-state index < -0.39 is 18.5 Å². The number of carbonyl (C=O) groups is 2. The number of nitrogens with one attached hydrogen (secondary N) is 2. The van der Waals surface area contributed by atoms with Crippen LogP contribution in [0.5, 0.6) is 0 Å². The summed E-state index contributed by atoms with van der Waals surface area (Å²) in [5, 5.41) is 3.20. The minimum atomic E-state index is -0.601. The Balaban J connectivity index is 1.41. The lowest BCUT2D eigenvalue weighted by Crippen LogP contribution is -2.20. The van der Waals surface area contributed by atoms with Crippen molar-refractivity contribution in [2.75, 3.05) is 11.9 Å². The summed E-state index contributed by atoms with van der Waals surface area (Å²) in [6, 6.07) is 15.3. The Morgan fingerprint density at radius 1 is 1.10 bits per heavy atom. The number of rotatable bonds is 5. The van der Waals surface area contributed by atoms with Crippen LogP contribution < -0.4 is 5.32 Å². The number of halogens is 1. The molecule has 0 aliphatic rings. The third-order valence-electron chi connectivity index (χ3n) is 4.11. The number of anilines is 1. The molecule has 1 amide bonds. The van der Waals surface area contributed by atoms with Gasteiger partial charge in [-0.05, 0) is 54.6 Å². The Morgan fingerprint density at radius 2 is 1.93 bits per heavy atom. The van der Waals surface area contributed by atoms with Gasteiger partial charge in [-0.25, -0.2) is 9.78 Å². The lowest BCUT2D eigenvalue weighted by atomic mass is 10.2. The van der Waals surface area contributed by atoms with E-state index >= 15 is 0 Å². The largest absolute Gasteiger partial charge is 0.452 e. The minimum absolute atomic E-state index is 0.318. The lowest BCUT2D eigenvalue weighted by Gasteiger charge is -2.07. The molecular weight excluding hydrogens is 392 g/mol. The Morgan fingerprint density at radius 3 is 2.69 bits per heavy atom. The van der Waals surface area contributed by atoms with E-state index in [2.05, 4.69) is 20.3 Å². The molecule has 2 aromatic carbocycles. The van der Waals surface area contributed by atoms with Crippen molar-refractivity contribution in [2.45, 2.75) is 0 Å². The molecule has 29 heavy (non-hydrogen) atoms. The van der Waals surface area contributed by atoms with Gasteiger partial charge >= 0.3 is 5.97 Å². The van der Waals surface area contributed by atoms with Crippen molar-refractivity contribution >= 4 is 40.2 Å². The second-order valence-electron chi connectivity index (χ2n) is 6.19. The van der Waals surface area contributed by atoms with E-state index in [0.717, 1.165) is 5.56 Å². The third-order valence-corrected chi connectivity index (χ3v) is 4.37. The standard InChI is InChI=1S/C21H15ClN4O3/c22-15-4-6-16(7-5-15)24-19(27)12-29-21(28)13-3-8-17-18(10-13)26-20(25-17)14-2-1-9-23-11-14/h1-11H,12H2,(H,24,27)(H,25,26). The maximum Gasteiger partial charge on any atom is 0.338 e. The Bertz CT molecular complexity index is 1170. The average molecular weight is 407 g/mol. The van der Waals surface area contributed by atoms with Crippen LogP contribution in [0.15, 0.2) is 67.0 Å². The van der Waals surface area contributed by atoms with E-state index in [1.807, 2.05) is 12.1 Å². The molecule has 7 nitrogen and oxygen atoms in total. The number of aromatic nitrogens is 3. The summed E-state index contributed by atoms with van der Waals surface area (Å²) in [6.45, 7) is -0.399. The van der Waals surface area contributed by atoms with Crippen LogP contribution in [-0.4, -0.2) is 33.4 Å². The number of amides is 1. The van der Waals surface area contributed by atoms with E-state index in [4.69, 9.17) is 16.3 Å². The summed E-state index contributed by atoms with van der Waals surface area (Å²) in [5.74, 6) is -0.390. The highest BCUT2D eigenvalue weighted by Crippen LogP contribution is 2.21. The maximum atomic E-state index is 12.3. The third kappa shape index (κ3) is 4.41. The van der Waals surface area contributed by atoms with E-state index in [9.17, 15) is 9.59 Å². The Hall–Kier alpha value is -3.71. The molecule has 0 spiro atoms. The van der Waals surface area contributed by atoms with Crippen molar-refractivity contribution in [3.63, 3.8) is 0 Å². The van der Waals surface area contributed by atoms with E-state index in [0.29, 0.717) is 33.1 Å². The average Bonchev–Trinajstić information content (AvgIpc) is 3.18. The zero-order valence-corrected chi connectivity index (χ0v) is 15.8. The number of aromatic amines is 1. The molecule has 0 saturated heterocycles. The highest BCUT2D eigenvalue weighted by molar-refractivity contribution is 6.30. The van der Waals surface area contributed by atoms with E-state index in [-0.39, 0.29) is 0 Å². The van der Waals surface area contributed by atoms with Gasteiger partial charge in [0.1, 0.15) is 5.82 Å². The zero-order chi connectivity index (χ0) is 20.2. The van der Waals surface area contributed by atoms with Crippen molar-refractivity contribution in [2.24, 2.45) is 0 Å². The number of hydrogen-bond donors (Lipinski definition) is 2. The minimum Gasteiger partial charge on any atom is -0.452 e. The van der Waals surface area contributed by atoms with E-state index in [1.165, 1.54) is 0 Å². The second kappa shape index (κ2) is 8.12. The second-order valence-corrected chi connectivity index (χ2v) is 6.63. The lowest BCUT2D eigenvalue weighted by molar-refractivity contribution is -0.119. The molecule has 4 rings (SSSR count). The molecule has 0 saturated carbocycles. The van der Waals surface area contributed by atoms with Crippen LogP contribution in [0.25, 0.3) is 22.4 Å². The van der Waals surface area contributed by atoms with Crippen LogP contribution in [0.1, 0.15) is 10.4 Å². The summed E-state index contributed by atoms with van der Waals surface area (Å²) < 4.78 is 5.10. The van der Waals surface area contributed by atoms with Crippen molar-refractivity contribution in [3.8, 4) is 11.4 Å². The van der Waals surface area contributed by atoms with E-state index in [1.54, 1.807) is 54.9 Å². The van der Waals surface area contributed by atoms with Gasteiger partial charge < -0.3 is 15.0 Å². The number of pyridine rings is 1. The molecule has 0 bridgehead atoms. The topological polar surface area (TPSA) is 97.0 Å². The van der Waals surface area contributed by atoms with Crippen molar-refractivity contribution in [3.05, 3.63) is 77.6 Å². The number of H-pyrrole nitrogens is 1. The molecule has 2 N–H and O–H groups in total. The predicted octanol–water partition coefficient (Wildman–Crippen LogP) is 4.07. The van der Waals surface area contributed by atoms with Crippen LogP contribution in [-0.2, 0) is 9.53 Å².